The van der Waals surface area contributed by atoms with Crippen molar-refractivity contribution in [3.8, 4) is 0 Å². The van der Waals surface area contributed by atoms with Crippen molar-refractivity contribution in [2.45, 2.75) is 83.2 Å². The minimum absolute atomic E-state index is 0.761. The van der Waals surface area contributed by atoms with Gasteiger partial charge in [-0.2, -0.15) is 0 Å². The van der Waals surface area contributed by atoms with Crippen molar-refractivity contribution >= 4 is 0 Å². The van der Waals surface area contributed by atoms with E-state index in [1.165, 1.54) is 83.8 Å². The lowest BCUT2D eigenvalue weighted by atomic mass is 9.68. The van der Waals surface area contributed by atoms with Gasteiger partial charge < -0.3 is 5.32 Å². The van der Waals surface area contributed by atoms with Crippen LogP contribution in [0.5, 0.6) is 0 Å². The molecule has 0 radical (unpaired) electrons. The summed E-state index contributed by atoms with van der Waals surface area (Å²) < 4.78 is 0. The van der Waals surface area contributed by atoms with E-state index >= 15 is 0 Å². The molecule has 2 nitrogen and oxygen atoms in total. The van der Waals surface area contributed by atoms with E-state index in [1.54, 1.807) is 0 Å². The highest BCUT2D eigenvalue weighted by atomic mass is 15.2. The van der Waals surface area contributed by atoms with E-state index in [1.807, 2.05) is 0 Å². The van der Waals surface area contributed by atoms with Gasteiger partial charge in [0.1, 0.15) is 0 Å². The number of nitrogens with zero attached hydrogens (tertiary/aromatic N) is 1. The van der Waals surface area contributed by atoms with Crippen molar-refractivity contribution in [1.29, 1.82) is 0 Å². The molecule has 1 heterocycles. The smallest absolute Gasteiger partial charge is 0.0218 e. The molecule has 0 aromatic heterocycles. The van der Waals surface area contributed by atoms with Gasteiger partial charge in [0.2, 0.25) is 0 Å². The van der Waals surface area contributed by atoms with Crippen molar-refractivity contribution in [2.24, 2.45) is 5.41 Å². The maximum Gasteiger partial charge on any atom is 0.0218 e. The minimum Gasteiger partial charge on any atom is -0.312 e. The zero-order valence-corrected chi connectivity index (χ0v) is 12.8. The Bertz CT molecular complexity index is 269. The molecule has 0 aromatic rings. The molecule has 1 atom stereocenters. The lowest BCUT2D eigenvalue weighted by molar-refractivity contribution is 0.0437. The average Bonchev–Trinajstić information content (AvgIpc) is 3.27. The SMILES string of the molecule is CCC(CNC1CC1)N1CCC2(CCCCC2)CC1. The zero-order valence-electron chi connectivity index (χ0n) is 12.8. The third-order valence-electron chi connectivity index (χ3n) is 5.98. The molecule has 2 aliphatic carbocycles. The molecule has 3 aliphatic rings. The van der Waals surface area contributed by atoms with Crippen LogP contribution in [0.25, 0.3) is 0 Å². The Morgan fingerprint density at radius 1 is 1.05 bits per heavy atom. The Morgan fingerprint density at radius 3 is 2.32 bits per heavy atom. The van der Waals surface area contributed by atoms with Crippen LogP contribution in [-0.4, -0.2) is 36.6 Å². The van der Waals surface area contributed by atoms with Gasteiger partial charge in [-0.3, -0.25) is 4.90 Å². The van der Waals surface area contributed by atoms with Crippen LogP contribution >= 0.6 is 0 Å². The van der Waals surface area contributed by atoms with Crippen molar-refractivity contribution in [2.75, 3.05) is 19.6 Å². The summed E-state index contributed by atoms with van der Waals surface area (Å²) in [5, 5.41) is 3.73. The van der Waals surface area contributed by atoms with Crippen LogP contribution in [0.1, 0.15) is 71.1 Å². The Labute approximate surface area is 119 Å². The van der Waals surface area contributed by atoms with Crippen LogP contribution in [0.4, 0.5) is 0 Å². The van der Waals surface area contributed by atoms with E-state index in [2.05, 4.69) is 17.1 Å². The molecule has 3 fully saturated rings. The first kappa shape index (κ1) is 13.9. The van der Waals surface area contributed by atoms with Crippen LogP contribution in [-0.2, 0) is 0 Å². The number of hydrogen-bond acceptors (Lipinski definition) is 2. The molecule has 0 bridgehead atoms. The molecular formula is C17H32N2. The van der Waals surface area contributed by atoms with Gasteiger partial charge >= 0.3 is 0 Å². The second-order valence-corrected chi connectivity index (χ2v) is 7.34. The topological polar surface area (TPSA) is 15.3 Å². The van der Waals surface area contributed by atoms with E-state index in [0.717, 1.165) is 17.5 Å². The average molecular weight is 264 g/mol. The molecule has 1 N–H and O–H groups in total. The molecule has 1 aliphatic heterocycles. The first-order valence-electron chi connectivity index (χ1n) is 8.79. The van der Waals surface area contributed by atoms with Gasteiger partial charge in [0, 0.05) is 18.6 Å². The van der Waals surface area contributed by atoms with Gasteiger partial charge in [0.05, 0.1) is 0 Å². The van der Waals surface area contributed by atoms with Crippen LogP contribution in [0.2, 0.25) is 0 Å². The first-order chi connectivity index (χ1) is 9.31. The quantitative estimate of drug-likeness (QED) is 0.817. The molecule has 0 amide bonds. The highest BCUT2D eigenvalue weighted by Gasteiger charge is 2.36. The Kier molecular flexibility index (Phi) is 4.48. The van der Waals surface area contributed by atoms with Crippen LogP contribution in [0.15, 0.2) is 0 Å². The monoisotopic (exact) mass is 264 g/mol. The van der Waals surface area contributed by atoms with Crippen LogP contribution in [0, 0.1) is 5.41 Å². The van der Waals surface area contributed by atoms with E-state index < -0.39 is 0 Å². The summed E-state index contributed by atoms with van der Waals surface area (Å²) in [6.07, 6.45) is 14.6. The lowest BCUT2D eigenvalue weighted by Gasteiger charge is -2.46. The zero-order chi connectivity index (χ0) is 13.1. The minimum atomic E-state index is 0.761. The van der Waals surface area contributed by atoms with Crippen molar-refractivity contribution in [3.63, 3.8) is 0 Å². The summed E-state index contributed by atoms with van der Waals surface area (Å²) in [5.74, 6) is 0. The summed E-state index contributed by atoms with van der Waals surface area (Å²) in [6.45, 7) is 6.33. The summed E-state index contributed by atoms with van der Waals surface area (Å²) >= 11 is 0. The van der Waals surface area contributed by atoms with Gasteiger partial charge in [0.25, 0.3) is 0 Å². The van der Waals surface area contributed by atoms with Crippen molar-refractivity contribution in [3.05, 3.63) is 0 Å². The van der Waals surface area contributed by atoms with Gasteiger partial charge in [-0.15, -0.1) is 0 Å². The third-order valence-corrected chi connectivity index (χ3v) is 5.98. The number of hydrogen-bond donors (Lipinski definition) is 1. The highest BCUT2D eigenvalue weighted by Crippen LogP contribution is 2.44. The normalized spacial score (nSPS) is 29.5. The maximum atomic E-state index is 3.73. The van der Waals surface area contributed by atoms with E-state index in [9.17, 15) is 0 Å². The molecule has 3 rings (SSSR count). The maximum absolute atomic E-state index is 3.73. The molecule has 2 heteroatoms. The Morgan fingerprint density at radius 2 is 1.74 bits per heavy atom. The standard InChI is InChI=1S/C17H32N2/c1-2-16(14-18-15-6-7-15)19-12-10-17(11-13-19)8-4-3-5-9-17/h15-16,18H,2-14H2,1H3. The largest absolute Gasteiger partial charge is 0.312 e. The predicted molar refractivity (Wildman–Crippen MR) is 81.4 cm³/mol. The molecule has 1 spiro atoms. The van der Waals surface area contributed by atoms with Crippen LogP contribution in [0.3, 0.4) is 0 Å². The molecule has 2 saturated carbocycles. The fourth-order valence-electron chi connectivity index (χ4n) is 4.29. The second-order valence-electron chi connectivity index (χ2n) is 7.34. The predicted octanol–water partition coefficient (Wildman–Crippen LogP) is 3.56. The number of piperidine rings is 1. The fourth-order valence-corrected chi connectivity index (χ4v) is 4.29. The van der Waals surface area contributed by atoms with E-state index in [-0.39, 0.29) is 0 Å². The molecule has 19 heavy (non-hydrogen) atoms. The number of rotatable bonds is 5. The Hall–Kier alpha value is -0.0800. The summed E-state index contributed by atoms with van der Waals surface area (Å²) in [4.78, 5) is 2.79. The molecule has 1 unspecified atom stereocenters. The molecule has 0 aromatic carbocycles. The third kappa shape index (κ3) is 3.52. The highest BCUT2D eigenvalue weighted by molar-refractivity contribution is 4.91. The second kappa shape index (κ2) is 6.13. The number of likely N-dealkylation sites (tertiary alicyclic amines) is 1. The van der Waals surface area contributed by atoms with Gasteiger partial charge in [0.15, 0.2) is 0 Å². The van der Waals surface area contributed by atoms with Crippen molar-refractivity contribution in [1.82, 2.24) is 10.2 Å². The number of nitrogens with one attached hydrogen (secondary N) is 1. The first-order valence-corrected chi connectivity index (χ1v) is 8.79. The molecular weight excluding hydrogens is 232 g/mol. The fraction of sp³-hybridized carbons (Fsp3) is 1.00. The lowest BCUT2D eigenvalue weighted by Crippen LogP contribution is -2.49. The molecule has 110 valence electrons. The van der Waals surface area contributed by atoms with Crippen molar-refractivity contribution < 1.29 is 0 Å². The van der Waals surface area contributed by atoms with Crippen LogP contribution < -0.4 is 5.32 Å². The summed E-state index contributed by atoms with van der Waals surface area (Å²) in [5.41, 5.74) is 0.761. The summed E-state index contributed by atoms with van der Waals surface area (Å²) in [6, 6.07) is 1.66. The van der Waals surface area contributed by atoms with Gasteiger partial charge in [-0.25, -0.2) is 0 Å². The Balaban J connectivity index is 1.46. The summed E-state index contributed by atoms with van der Waals surface area (Å²) in [7, 11) is 0. The van der Waals surface area contributed by atoms with E-state index in [4.69, 9.17) is 0 Å². The molecule has 1 saturated heterocycles. The van der Waals surface area contributed by atoms with E-state index in [0.29, 0.717) is 0 Å². The van der Waals surface area contributed by atoms with Gasteiger partial charge in [-0.1, -0.05) is 26.2 Å². The van der Waals surface area contributed by atoms with Gasteiger partial charge in [-0.05, 0) is 63.5 Å².